The van der Waals surface area contributed by atoms with E-state index in [1.54, 1.807) is 13.3 Å². The van der Waals surface area contributed by atoms with Gasteiger partial charge in [0.1, 0.15) is 17.1 Å². The van der Waals surface area contributed by atoms with Crippen molar-refractivity contribution in [2.24, 2.45) is 0 Å². The van der Waals surface area contributed by atoms with Gasteiger partial charge in [-0.15, -0.1) is 11.3 Å². The van der Waals surface area contributed by atoms with E-state index in [2.05, 4.69) is 10.3 Å². The van der Waals surface area contributed by atoms with E-state index in [9.17, 15) is 4.79 Å². The predicted molar refractivity (Wildman–Crippen MR) is 92.9 cm³/mol. The van der Waals surface area contributed by atoms with Gasteiger partial charge in [-0.2, -0.15) is 0 Å². The first-order valence-electron chi connectivity index (χ1n) is 8.24. The highest BCUT2D eigenvalue weighted by Crippen LogP contribution is 2.51. The number of hydrogen-bond donors (Lipinski definition) is 1. The van der Waals surface area contributed by atoms with Crippen molar-refractivity contribution in [3.05, 3.63) is 35.3 Å². The Bertz CT molecular complexity index is 741. The zero-order valence-corrected chi connectivity index (χ0v) is 14.4. The number of amides is 1. The molecular weight excluding hydrogens is 324 g/mol. The summed E-state index contributed by atoms with van der Waals surface area (Å²) in [5.41, 5.74) is 0.995. The molecule has 2 aliphatic rings. The number of anilines is 1. The van der Waals surface area contributed by atoms with Crippen LogP contribution in [0.2, 0.25) is 0 Å². The van der Waals surface area contributed by atoms with Gasteiger partial charge in [-0.25, -0.2) is 4.98 Å². The summed E-state index contributed by atoms with van der Waals surface area (Å²) in [6.45, 7) is 0. The molecule has 0 saturated heterocycles. The summed E-state index contributed by atoms with van der Waals surface area (Å²) in [6.07, 6.45) is 6.36. The number of hydrogen-bond acceptors (Lipinski definition) is 5. The average Bonchev–Trinajstić information content (AvgIpc) is 3.05. The molecule has 2 heterocycles. The Morgan fingerprint density at radius 1 is 1.50 bits per heavy atom. The predicted octanol–water partition coefficient (Wildman–Crippen LogP) is 3.97. The molecule has 1 amide bonds. The van der Waals surface area contributed by atoms with E-state index in [1.165, 1.54) is 17.8 Å². The lowest BCUT2D eigenvalue weighted by Gasteiger charge is -2.48. The summed E-state index contributed by atoms with van der Waals surface area (Å²) < 4.78 is 11.6. The van der Waals surface area contributed by atoms with E-state index in [1.807, 2.05) is 23.6 Å². The van der Waals surface area contributed by atoms with Crippen LogP contribution < -0.4 is 14.8 Å². The Balaban J connectivity index is 1.57. The summed E-state index contributed by atoms with van der Waals surface area (Å²) in [4.78, 5) is 16.6. The fourth-order valence-electron chi connectivity index (χ4n) is 3.64. The minimum Gasteiger partial charge on any atom is -0.497 e. The number of carbonyl (C=O) groups excluding carboxylic acids is 1. The van der Waals surface area contributed by atoms with Gasteiger partial charge in [0, 0.05) is 29.5 Å². The number of aromatic nitrogens is 1. The highest BCUT2D eigenvalue weighted by Gasteiger charge is 2.45. The number of carbonyl (C=O) groups is 1. The van der Waals surface area contributed by atoms with Crippen molar-refractivity contribution in [3.63, 3.8) is 0 Å². The van der Waals surface area contributed by atoms with Crippen LogP contribution in [0.5, 0.6) is 11.5 Å². The molecule has 24 heavy (non-hydrogen) atoms. The monoisotopic (exact) mass is 344 g/mol. The standard InChI is InChI=1S/C18H20N2O3S/c1-22-13-3-4-15-14(10-13)12(11-18(23-15)5-2-6-18)9-16(21)20-17-19-7-8-24-17/h3-4,7-8,10,12H,2,5-6,9,11H2,1H3,(H,19,20,21). The van der Waals surface area contributed by atoms with Gasteiger partial charge in [0.25, 0.3) is 0 Å². The maximum atomic E-state index is 12.4. The van der Waals surface area contributed by atoms with Crippen molar-refractivity contribution in [1.29, 1.82) is 0 Å². The zero-order valence-electron chi connectivity index (χ0n) is 13.6. The molecule has 2 aromatic rings. The van der Waals surface area contributed by atoms with Crippen molar-refractivity contribution in [3.8, 4) is 11.5 Å². The summed E-state index contributed by atoms with van der Waals surface area (Å²) >= 11 is 1.43. The third-order valence-electron chi connectivity index (χ3n) is 4.98. The van der Waals surface area contributed by atoms with Gasteiger partial charge in [0.05, 0.1) is 7.11 Å². The molecular formula is C18H20N2O3S. The molecule has 5 nitrogen and oxygen atoms in total. The lowest BCUT2D eigenvalue weighted by molar-refractivity contribution is -0.117. The third-order valence-corrected chi connectivity index (χ3v) is 5.67. The Labute approximate surface area is 145 Å². The number of benzene rings is 1. The van der Waals surface area contributed by atoms with Crippen LogP contribution in [0, 0.1) is 0 Å². The Hall–Kier alpha value is -2.08. The Morgan fingerprint density at radius 2 is 2.38 bits per heavy atom. The second-order valence-electron chi connectivity index (χ2n) is 6.53. The lowest BCUT2D eigenvalue weighted by atomic mass is 9.70. The van der Waals surface area contributed by atoms with Crippen LogP contribution in [0.15, 0.2) is 29.8 Å². The van der Waals surface area contributed by atoms with Gasteiger partial charge in [0.2, 0.25) is 5.91 Å². The lowest BCUT2D eigenvalue weighted by Crippen LogP contribution is -2.47. The van der Waals surface area contributed by atoms with E-state index in [-0.39, 0.29) is 17.4 Å². The largest absolute Gasteiger partial charge is 0.497 e. The highest BCUT2D eigenvalue weighted by atomic mass is 32.1. The van der Waals surface area contributed by atoms with Crippen LogP contribution in [0.25, 0.3) is 0 Å². The smallest absolute Gasteiger partial charge is 0.226 e. The molecule has 1 aromatic heterocycles. The molecule has 1 spiro atoms. The maximum absolute atomic E-state index is 12.4. The van der Waals surface area contributed by atoms with Gasteiger partial charge < -0.3 is 14.8 Å². The van der Waals surface area contributed by atoms with Crippen LogP contribution in [0.1, 0.15) is 43.6 Å². The molecule has 4 rings (SSSR count). The quantitative estimate of drug-likeness (QED) is 0.912. The second kappa shape index (κ2) is 6.09. The third kappa shape index (κ3) is 2.86. The van der Waals surface area contributed by atoms with Crippen molar-refractivity contribution in [1.82, 2.24) is 4.98 Å². The molecule has 0 bridgehead atoms. The van der Waals surface area contributed by atoms with Gasteiger partial charge in [0.15, 0.2) is 5.13 Å². The van der Waals surface area contributed by atoms with Crippen LogP contribution in [-0.2, 0) is 4.79 Å². The normalized spacial score (nSPS) is 20.6. The van der Waals surface area contributed by atoms with E-state index in [0.29, 0.717) is 11.6 Å². The van der Waals surface area contributed by atoms with Gasteiger partial charge in [-0.05, 0) is 43.9 Å². The van der Waals surface area contributed by atoms with E-state index >= 15 is 0 Å². The minimum atomic E-state index is -0.0757. The molecule has 1 saturated carbocycles. The number of ether oxygens (including phenoxy) is 2. The van der Waals surface area contributed by atoms with Crippen molar-refractivity contribution < 1.29 is 14.3 Å². The molecule has 1 unspecified atom stereocenters. The van der Waals surface area contributed by atoms with Crippen LogP contribution in [0.3, 0.4) is 0 Å². The molecule has 1 fully saturated rings. The summed E-state index contributed by atoms with van der Waals surface area (Å²) in [6, 6.07) is 5.89. The first-order valence-corrected chi connectivity index (χ1v) is 9.12. The summed E-state index contributed by atoms with van der Waals surface area (Å²) in [5.74, 6) is 1.84. The summed E-state index contributed by atoms with van der Waals surface area (Å²) in [7, 11) is 1.66. The van der Waals surface area contributed by atoms with Gasteiger partial charge in [-0.1, -0.05) is 0 Å². The molecule has 1 aliphatic carbocycles. The summed E-state index contributed by atoms with van der Waals surface area (Å²) in [5, 5.41) is 5.39. The number of nitrogens with zero attached hydrogens (tertiary/aromatic N) is 1. The Kier molecular flexibility index (Phi) is 3.92. The fourth-order valence-corrected chi connectivity index (χ4v) is 4.18. The SMILES string of the molecule is COc1ccc2c(c1)C(CC(=O)Nc1nccs1)CC1(CCC1)O2. The van der Waals surface area contributed by atoms with Gasteiger partial charge in [-0.3, -0.25) is 4.79 Å². The molecule has 1 aromatic carbocycles. The number of thiazole rings is 1. The molecule has 6 heteroatoms. The number of nitrogens with one attached hydrogen (secondary N) is 1. The Morgan fingerprint density at radius 3 is 3.04 bits per heavy atom. The zero-order chi connectivity index (χ0) is 16.6. The van der Waals surface area contributed by atoms with E-state index in [0.717, 1.165) is 36.3 Å². The second-order valence-corrected chi connectivity index (χ2v) is 7.43. The molecule has 1 N–H and O–H groups in total. The average molecular weight is 344 g/mol. The van der Waals surface area contributed by atoms with E-state index in [4.69, 9.17) is 9.47 Å². The first-order chi connectivity index (χ1) is 11.7. The fraction of sp³-hybridized carbons (Fsp3) is 0.444. The first kappa shape index (κ1) is 15.4. The minimum absolute atomic E-state index is 0.0000865. The molecule has 1 aliphatic heterocycles. The highest BCUT2D eigenvalue weighted by molar-refractivity contribution is 7.13. The number of methoxy groups -OCH3 is 1. The van der Waals surface area contributed by atoms with Crippen LogP contribution >= 0.6 is 11.3 Å². The maximum Gasteiger partial charge on any atom is 0.226 e. The molecule has 0 radical (unpaired) electrons. The van der Waals surface area contributed by atoms with Crippen molar-refractivity contribution in [2.45, 2.75) is 43.6 Å². The van der Waals surface area contributed by atoms with Crippen molar-refractivity contribution in [2.75, 3.05) is 12.4 Å². The number of rotatable bonds is 4. The number of fused-ring (bicyclic) bond motifs is 1. The molecule has 1 atom stereocenters. The van der Waals surface area contributed by atoms with Crippen LogP contribution in [-0.4, -0.2) is 23.6 Å². The van der Waals surface area contributed by atoms with Crippen molar-refractivity contribution >= 4 is 22.4 Å². The topological polar surface area (TPSA) is 60.5 Å². The van der Waals surface area contributed by atoms with E-state index < -0.39 is 0 Å². The molecule has 126 valence electrons. The van der Waals surface area contributed by atoms with Gasteiger partial charge >= 0.3 is 0 Å². The van der Waals surface area contributed by atoms with Crippen LogP contribution in [0.4, 0.5) is 5.13 Å².